The summed E-state index contributed by atoms with van der Waals surface area (Å²) in [5, 5.41) is 0. The van der Waals surface area contributed by atoms with Crippen LogP contribution in [0, 0.1) is 3.57 Å². The summed E-state index contributed by atoms with van der Waals surface area (Å²) in [7, 11) is 0. The average Bonchev–Trinajstić information content (AvgIpc) is 2.75. The number of nitrogen functional groups attached to an aromatic ring is 1. The zero-order chi connectivity index (χ0) is 11.8. The zero-order valence-corrected chi connectivity index (χ0v) is 10.8. The minimum atomic E-state index is 0.416. The van der Waals surface area contributed by atoms with Crippen molar-refractivity contribution < 1.29 is 0 Å². The summed E-state index contributed by atoms with van der Waals surface area (Å²) in [5.41, 5.74) is 8.02. The van der Waals surface area contributed by atoms with Gasteiger partial charge < -0.3 is 10.7 Å². The van der Waals surface area contributed by atoms with Gasteiger partial charge in [-0.3, -0.25) is 0 Å². The van der Waals surface area contributed by atoms with E-state index in [1.54, 1.807) is 0 Å². The molecule has 2 heterocycles. The molecule has 1 aromatic carbocycles. The van der Waals surface area contributed by atoms with Gasteiger partial charge in [0.25, 0.3) is 0 Å². The van der Waals surface area contributed by atoms with Gasteiger partial charge in [-0.1, -0.05) is 12.1 Å². The largest absolute Gasteiger partial charge is 0.382 e. The number of halogens is 1. The fourth-order valence-corrected chi connectivity index (χ4v) is 1.95. The Bertz CT molecular complexity index is 674. The molecule has 3 rings (SSSR count). The molecule has 6 heteroatoms. The molecule has 0 aliphatic carbocycles. The molecule has 0 fully saturated rings. The van der Waals surface area contributed by atoms with E-state index in [2.05, 4.69) is 42.5 Å². The van der Waals surface area contributed by atoms with Gasteiger partial charge in [-0.15, -0.1) is 0 Å². The Labute approximate surface area is 111 Å². The lowest BCUT2D eigenvalue weighted by Gasteiger charge is -1.95. The van der Waals surface area contributed by atoms with Crippen LogP contribution in [0.25, 0.3) is 22.6 Å². The Kier molecular flexibility index (Phi) is 2.43. The van der Waals surface area contributed by atoms with E-state index in [-0.39, 0.29) is 0 Å². The number of imidazole rings is 1. The van der Waals surface area contributed by atoms with E-state index >= 15 is 0 Å². The van der Waals surface area contributed by atoms with Crippen molar-refractivity contribution in [2.75, 3.05) is 5.73 Å². The highest BCUT2D eigenvalue weighted by molar-refractivity contribution is 14.1. The van der Waals surface area contributed by atoms with Crippen LogP contribution in [-0.4, -0.2) is 19.9 Å². The summed E-state index contributed by atoms with van der Waals surface area (Å²) >= 11 is 2.26. The molecule has 0 spiro atoms. The van der Waals surface area contributed by atoms with Crippen molar-refractivity contribution in [3.8, 4) is 11.4 Å². The first kappa shape index (κ1) is 10.5. The smallest absolute Gasteiger partial charge is 0.183 e. The monoisotopic (exact) mass is 337 g/mol. The van der Waals surface area contributed by atoms with Gasteiger partial charge in [0.15, 0.2) is 11.5 Å². The maximum absolute atomic E-state index is 5.75. The van der Waals surface area contributed by atoms with E-state index in [1.165, 1.54) is 9.90 Å². The third-order valence-corrected chi connectivity index (χ3v) is 3.15. The molecule has 0 aliphatic rings. The van der Waals surface area contributed by atoms with Crippen LogP contribution in [0.3, 0.4) is 0 Å². The molecule has 0 atom stereocenters. The number of anilines is 1. The number of hydrogen-bond acceptors (Lipinski definition) is 4. The molecular formula is C11H8IN5. The Morgan fingerprint density at radius 3 is 2.59 bits per heavy atom. The summed E-state index contributed by atoms with van der Waals surface area (Å²) in [5.74, 6) is 1.17. The minimum absolute atomic E-state index is 0.416. The van der Waals surface area contributed by atoms with Crippen molar-refractivity contribution in [3.63, 3.8) is 0 Å². The maximum Gasteiger partial charge on any atom is 0.183 e. The number of benzene rings is 1. The third-order valence-electron chi connectivity index (χ3n) is 2.44. The molecule has 2 aromatic heterocycles. The zero-order valence-electron chi connectivity index (χ0n) is 8.68. The highest BCUT2D eigenvalue weighted by Gasteiger charge is 2.08. The van der Waals surface area contributed by atoms with Crippen LogP contribution < -0.4 is 5.73 Å². The van der Waals surface area contributed by atoms with E-state index in [0.29, 0.717) is 17.0 Å². The van der Waals surface area contributed by atoms with Crippen molar-refractivity contribution in [1.29, 1.82) is 0 Å². The predicted molar refractivity (Wildman–Crippen MR) is 74.2 cm³/mol. The molecule has 17 heavy (non-hydrogen) atoms. The maximum atomic E-state index is 5.75. The normalized spacial score (nSPS) is 10.9. The molecule has 0 amide bonds. The van der Waals surface area contributed by atoms with Crippen LogP contribution in [0.4, 0.5) is 5.82 Å². The van der Waals surface area contributed by atoms with Crippen LogP contribution in [0.2, 0.25) is 0 Å². The summed E-state index contributed by atoms with van der Waals surface area (Å²) in [6.07, 6.45) is 1.41. The molecule has 0 bridgehead atoms. The predicted octanol–water partition coefficient (Wildman–Crippen LogP) is 2.21. The second-order valence-electron chi connectivity index (χ2n) is 3.55. The van der Waals surface area contributed by atoms with Gasteiger partial charge in [0.2, 0.25) is 0 Å². The van der Waals surface area contributed by atoms with Gasteiger partial charge in [0.1, 0.15) is 17.7 Å². The Hall–Kier alpha value is -1.70. The van der Waals surface area contributed by atoms with Gasteiger partial charge in [-0.2, -0.15) is 0 Å². The summed E-state index contributed by atoms with van der Waals surface area (Å²) in [4.78, 5) is 15.5. The Morgan fingerprint density at radius 2 is 1.88 bits per heavy atom. The first-order valence-corrected chi connectivity index (χ1v) is 6.04. The molecule has 3 aromatic rings. The van der Waals surface area contributed by atoms with Crippen LogP contribution in [0.15, 0.2) is 30.6 Å². The molecule has 0 radical (unpaired) electrons. The van der Waals surface area contributed by atoms with E-state index in [1.807, 2.05) is 24.3 Å². The topological polar surface area (TPSA) is 80.5 Å². The number of nitrogens with two attached hydrogens (primary N) is 1. The summed E-state index contributed by atoms with van der Waals surface area (Å²) in [6, 6.07) is 8.06. The summed E-state index contributed by atoms with van der Waals surface area (Å²) in [6.45, 7) is 0. The first-order valence-electron chi connectivity index (χ1n) is 4.96. The molecule has 3 N–H and O–H groups in total. The number of H-pyrrole nitrogens is 1. The van der Waals surface area contributed by atoms with Crippen LogP contribution in [-0.2, 0) is 0 Å². The third kappa shape index (κ3) is 1.84. The van der Waals surface area contributed by atoms with E-state index in [0.717, 1.165) is 11.4 Å². The molecular weight excluding hydrogens is 329 g/mol. The van der Waals surface area contributed by atoms with Crippen LogP contribution in [0.1, 0.15) is 0 Å². The van der Waals surface area contributed by atoms with Gasteiger partial charge in [0.05, 0.1) is 0 Å². The van der Waals surface area contributed by atoms with Crippen molar-refractivity contribution >= 4 is 39.6 Å². The number of aromatic amines is 1. The molecule has 0 saturated carbocycles. The van der Waals surface area contributed by atoms with Crippen LogP contribution >= 0.6 is 22.6 Å². The number of hydrogen-bond donors (Lipinski definition) is 2. The highest BCUT2D eigenvalue weighted by atomic mass is 127. The standard InChI is InChI=1S/C11H8IN5/c12-7-3-1-6(2-4-7)10-16-8-9(13)14-5-15-11(8)17-10/h1-5H,(H3,13,14,15,16,17). The van der Waals surface area contributed by atoms with Gasteiger partial charge in [-0.25, -0.2) is 15.0 Å². The number of rotatable bonds is 1. The summed E-state index contributed by atoms with van der Waals surface area (Å²) < 4.78 is 1.18. The number of nitrogens with zero attached hydrogens (tertiary/aromatic N) is 3. The Morgan fingerprint density at radius 1 is 1.12 bits per heavy atom. The number of fused-ring (bicyclic) bond motifs is 1. The van der Waals surface area contributed by atoms with Gasteiger partial charge in [-0.05, 0) is 34.7 Å². The Balaban J connectivity index is 2.18. The van der Waals surface area contributed by atoms with Crippen molar-refractivity contribution in [1.82, 2.24) is 19.9 Å². The highest BCUT2D eigenvalue weighted by Crippen LogP contribution is 2.21. The molecule has 0 saturated heterocycles. The lowest BCUT2D eigenvalue weighted by atomic mass is 10.2. The lowest BCUT2D eigenvalue weighted by Crippen LogP contribution is -1.91. The van der Waals surface area contributed by atoms with Crippen molar-refractivity contribution in [2.24, 2.45) is 0 Å². The molecule has 5 nitrogen and oxygen atoms in total. The lowest BCUT2D eigenvalue weighted by molar-refractivity contribution is 1.21. The van der Waals surface area contributed by atoms with E-state index < -0.39 is 0 Å². The SMILES string of the molecule is Nc1ncnc2nc(-c3ccc(I)cc3)[nH]c12. The van der Waals surface area contributed by atoms with Crippen molar-refractivity contribution in [2.45, 2.75) is 0 Å². The fourth-order valence-electron chi connectivity index (χ4n) is 1.59. The second-order valence-corrected chi connectivity index (χ2v) is 4.80. The quantitative estimate of drug-likeness (QED) is 0.667. The molecule has 84 valence electrons. The van der Waals surface area contributed by atoms with Crippen molar-refractivity contribution in [3.05, 3.63) is 34.2 Å². The van der Waals surface area contributed by atoms with Crippen LogP contribution in [0.5, 0.6) is 0 Å². The van der Waals surface area contributed by atoms with E-state index in [4.69, 9.17) is 5.73 Å². The molecule has 0 aliphatic heterocycles. The van der Waals surface area contributed by atoms with Gasteiger partial charge >= 0.3 is 0 Å². The van der Waals surface area contributed by atoms with E-state index in [9.17, 15) is 0 Å². The van der Waals surface area contributed by atoms with Gasteiger partial charge in [0, 0.05) is 9.13 Å². The molecule has 0 unspecified atom stereocenters. The second kappa shape index (κ2) is 3.95. The minimum Gasteiger partial charge on any atom is -0.382 e. The number of aromatic nitrogens is 4. The fraction of sp³-hybridized carbons (Fsp3) is 0. The number of nitrogens with one attached hydrogen (secondary N) is 1. The first-order chi connectivity index (χ1) is 8.24. The average molecular weight is 337 g/mol.